The Morgan fingerprint density at radius 2 is 2.32 bits per heavy atom. The molecule has 1 fully saturated rings. The van der Waals surface area contributed by atoms with E-state index in [1.165, 1.54) is 0 Å². The first-order chi connectivity index (χ1) is 9.04. The third kappa shape index (κ3) is 2.92. The van der Waals surface area contributed by atoms with Gasteiger partial charge in [-0.3, -0.25) is 4.79 Å². The first kappa shape index (κ1) is 14.3. The van der Waals surface area contributed by atoms with Crippen molar-refractivity contribution >= 4 is 27.5 Å². The highest BCUT2D eigenvalue weighted by molar-refractivity contribution is 9.10. The smallest absolute Gasteiger partial charge is 0.242 e. The normalized spacial score (nSPS) is 20.4. The van der Waals surface area contributed by atoms with Gasteiger partial charge >= 0.3 is 0 Å². The minimum Gasteiger partial charge on any atom is -0.389 e. The predicted octanol–water partition coefficient (Wildman–Crippen LogP) is 2.22. The molecule has 0 bridgehead atoms. The van der Waals surface area contributed by atoms with Gasteiger partial charge in [0.1, 0.15) is 6.04 Å². The summed E-state index contributed by atoms with van der Waals surface area (Å²) in [4.78, 5) is 14.0. The van der Waals surface area contributed by atoms with Gasteiger partial charge in [-0.2, -0.15) is 0 Å². The van der Waals surface area contributed by atoms with E-state index < -0.39 is 6.10 Å². The van der Waals surface area contributed by atoms with Crippen LogP contribution in [0.25, 0.3) is 0 Å². The van der Waals surface area contributed by atoms with Crippen LogP contribution < -0.4 is 10.2 Å². The minimum absolute atomic E-state index is 0.0361. The van der Waals surface area contributed by atoms with Crippen LogP contribution in [0, 0.1) is 0 Å². The number of benzene rings is 1. The monoisotopic (exact) mass is 326 g/mol. The molecule has 0 radical (unpaired) electrons. The molecule has 4 nitrogen and oxygen atoms in total. The summed E-state index contributed by atoms with van der Waals surface area (Å²) in [7, 11) is 1.66. The molecule has 2 rings (SSSR count). The maximum Gasteiger partial charge on any atom is 0.242 e. The van der Waals surface area contributed by atoms with Crippen molar-refractivity contribution in [2.45, 2.75) is 31.9 Å². The van der Waals surface area contributed by atoms with Crippen molar-refractivity contribution in [2.24, 2.45) is 0 Å². The Bertz CT molecular complexity index is 477. The lowest BCUT2D eigenvalue weighted by atomic mass is 10.1. The van der Waals surface area contributed by atoms with Crippen LogP contribution in [0.4, 0.5) is 5.69 Å². The number of likely N-dealkylation sites (N-methyl/N-ethyl adjacent to an activating group) is 1. The highest BCUT2D eigenvalue weighted by Crippen LogP contribution is 2.34. The molecular formula is C14H19BrN2O2. The molecule has 104 valence electrons. The highest BCUT2D eigenvalue weighted by Gasteiger charge is 2.31. The fraction of sp³-hybridized carbons (Fsp3) is 0.500. The van der Waals surface area contributed by atoms with E-state index in [1.54, 1.807) is 14.0 Å². The van der Waals surface area contributed by atoms with Crippen LogP contribution in [0.15, 0.2) is 22.7 Å². The first-order valence-corrected chi connectivity index (χ1v) is 7.29. The summed E-state index contributed by atoms with van der Waals surface area (Å²) >= 11 is 3.46. The molecule has 1 aromatic rings. The number of nitrogens with one attached hydrogen (secondary N) is 1. The molecule has 0 aromatic heterocycles. The summed E-state index contributed by atoms with van der Waals surface area (Å²) in [5, 5.41) is 12.6. The third-order valence-corrected chi connectivity index (χ3v) is 4.05. The number of nitrogens with zero attached hydrogens (tertiary/aromatic N) is 1. The minimum atomic E-state index is -0.547. The molecular weight excluding hydrogens is 308 g/mol. The number of aliphatic hydroxyl groups excluding tert-OH is 1. The molecule has 1 aromatic carbocycles. The summed E-state index contributed by atoms with van der Waals surface area (Å²) in [5.74, 6) is 0.0361. The summed E-state index contributed by atoms with van der Waals surface area (Å²) in [6.45, 7) is 2.59. The maximum atomic E-state index is 11.9. The fourth-order valence-corrected chi connectivity index (χ4v) is 2.96. The molecule has 1 aliphatic heterocycles. The number of hydrogen-bond donors (Lipinski definition) is 2. The molecule has 5 heteroatoms. The second-order valence-corrected chi connectivity index (χ2v) is 5.76. The van der Waals surface area contributed by atoms with Crippen molar-refractivity contribution < 1.29 is 9.90 Å². The van der Waals surface area contributed by atoms with Crippen molar-refractivity contribution in [1.82, 2.24) is 5.32 Å². The Hall–Kier alpha value is -1.07. The van der Waals surface area contributed by atoms with Crippen LogP contribution in [0.2, 0.25) is 0 Å². The summed E-state index contributed by atoms with van der Waals surface area (Å²) in [6, 6.07) is 5.65. The number of hydrogen-bond acceptors (Lipinski definition) is 3. The van der Waals surface area contributed by atoms with Gasteiger partial charge in [0, 0.05) is 29.3 Å². The Morgan fingerprint density at radius 1 is 1.58 bits per heavy atom. The van der Waals surface area contributed by atoms with Crippen LogP contribution in [-0.2, 0) is 4.79 Å². The summed E-state index contributed by atoms with van der Waals surface area (Å²) in [5.41, 5.74) is 1.80. The molecule has 0 saturated carbocycles. The number of rotatable bonds is 3. The molecule has 2 N–H and O–H groups in total. The molecule has 2 unspecified atom stereocenters. The van der Waals surface area contributed by atoms with Crippen LogP contribution in [0.5, 0.6) is 0 Å². The van der Waals surface area contributed by atoms with Gasteiger partial charge in [-0.05, 0) is 31.9 Å². The number of halogens is 1. The average molecular weight is 327 g/mol. The zero-order valence-electron chi connectivity index (χ0n) is 11.2. The molecule has 0 aliphatic carbocycles. The lowest BCUT2D eigenvalue weighted by molar-refractivity contribution is -0.121. The predicted molar refractivity (Wildman–Crippen MR) is 79.2 cm³/mol. The zero-order valence-corrected chi connectivity index (χ0v) is 12.8. The lowest BCUT2D eigenvalue weighted by Gasteiger charge is -2.28. The van der Waals surface area contributed by atoms with E-state index in [0.717, 1.165) is 35.1 Å². The van der Waals surface area contributed by atoms with Gasteiger partial charge in [0.25, 0.3) is 0 Å². The van der Waals surface area contributed by atoms with E-state index in [4.69, 9.17) is 0 Å². The summed E-state index contributed by atoms with van der Waals surface area (Å²) in [6.07, 6.45) is 1.30. The zero-order chi connectivity index (χ0) is 14.0. The quantitative estimate of drug-likeness (QED) is 0.895. The van der Waals surface area contributed by atoms with Crippen LogP contribution in [0.3, 0.4) is 0 Å². The van der Waals surface area contributed by atoms with E-state index in [-0.39, 0.29) is 11.9 Å². The fourth-order valence-electron chi connectivity index (χ4n) is 2.61. The molecule has 0 spiro atoms. The largest absolute Gasteiger partial charge is 0.389 e. The Labute approximate surface area is 121 Å². The van der Waals surface area contributed by atoms with Gasteiger partial charge in [0.2, 0.25) is 5.91 Å². The van der Waals surface area contributed by atoms with E-state index >= 15 is 0 Å². The van der Waals surface area contributed by atoms with E-state index in [0.29, 0.717) is 0 Å². The molecule has 2 atom stereocenters. The number of carbonyl (C=O) groups is 1. The Morgan fingerprint density at radius 3 is 2.95 bits per heavy atom. The molecule has 1 aliphatic rings. The van der Waals surface area contributed by atoms with E-state index in [9.17, 15) is 9.90 Å². The summed E-state index contributed by atoms with van der Waals surface area (Å²) < 4.78 is 0.953. The number of carbonyl (C=O) groups excluding carboxylic acids is 1. The van der Waals surface area contributed by atoms with Crippen molar-refractivity contribution in [2.75, 3.05) is 18.5 Å². The molecule has 19 heavy (non-hydrogen) atoms. The van der Waals surface area contributed by atoms with Crippen molar-refractivity contribution in [3.63, 3.8) is 0 Å². The Balaban J connectivity index is 2.39. The third-order valence-electron chi connectivity index (χ3n) is 3.55. The number of aliphatic hydroxyl groups is 1. The first-order valence-electron chi connectivity index (χ1n) is 6.50. The topological polar surface area (TPSA) is 52.6 Å². The van der Waals surface area contributed by atoms with Gasteiger partial charge in [0.15, 0.2) is 0 Å². The maximum absolute atomic E-state index is 11.9. The van der Waals surface area contributed by atoms with E-state index in [2.05, 4.69) is 26.1 Å². The molecule has 1 amide bonds. The van der Waals surface area contributed by atoms with Gasteiger partial charge in [-0.1, -0.05) is 22.0 Å². The van der Waals surface area contributed by atoms with E-state index in [1.807, 2.05) is 18.2 Å². The van der Waals surface area contributed by atoms with Gasteiger partial charge < -0.3 is 15.3 Å². The SMILES string of the molecule is CNC(=O)C1CCCN1c1cc(Br)ccc1C(C)O. The molecule has 1 heterocycles. The van der Waals surface area contributed by atoms with Gasteiger partial charge in [-0.15, -0.1) is 0 Å². The van der Waals surface area contributed by atoms with Crippen LogP contribution in [-0.4, -0.2) is 30.6 Å². The average Bonchev–Trinajstić information content (AvgIpc) is 2.86. The standard InChI is InChI=1S/C14H19BrN2O2/c1-9(18)11-6-5-10(15)8-13(11)17-7-3-4-12(17)14(19)16-2/h5-6,8-9,12,18H,3-4,7H2,1-2H3,(H,16,19). The lowest BCUT2D eigenvalue weighted by Crippen LogP contribution is -2.42. The van der Waals surface area contributed by atoms with Crippen molar-refractivity contribution in [1.29, 1.82) is 0 Å². The van der Waals surface area contributed by atoms with Crippen LogP contribution >= 0.6 is 15.9 Å². The van der Waals surface area contributed by atoms with Gasteiger partial charge in [-0.25, -0.2) is 0 Å². The second kappa shape index (κ2) is 5.92. The van der Waals surface area contributed by atoms with Gasteiger partial charge in [0.05, 0.1) is 6.10 Å². The number of amides is 1. The Kier molecular flexibility index (Phi) is 4.47. The highest BCUT2D eigenvalue weighted by atomic mass is 79.9. The number of anilines is 1. The van der Waals surface area contributed by atoms with Crippen molar-refractivity contribution in [3.8, 4) is 0 Å². The molecule has 1 saturated heterocycles. The van der Waals surface area contributed by atoms with Crippen molar-refractivity contribution in [3.05, 3.63) is 28.2 Å². The van der Waals surface area contributed by atoms with Crippen LogP contribution in [0.1, 0.15) is 31.4 Å². The second-order valence-electron chi connectivity index (χ2n) is 4.84.